The fraction of sp³-hybridized carbons (Fsp3) is 0.0714. The van der Waals surface area contributed by atoms with Crippen LogP contribution in [0.15, 0.2) is 47.3 Å². The number of aromatic hydroxyl groups is 1. The Balaban J connectivity index is 2.10. The molecule has 0 atom stereocenters. The number of nitrogens with one attached hydrogen (secondary N) is 1. The third-order valence-corrected chi connectivity index (χ3v) is 3.29. The molecule has 1 heterocycles. The van der Waals surface area contributed by atoms with Gasteiger partial charge in [-0.1, -0.05) is 29.8 Å². The van der Waals surface area contributed by atoms with Crippen LogP contribution < -0.4 is 5.69 Å². The third kappa shape index (κ3) is 2.11. The lowest BCUT2D eigenvalue weighted by molar-refractivity contribution is 0.480. The molecule has 0 fully saturated rings. The van der Waals surface area contributed by atoms with Crippen molar-refractivity contribution in [2.75, 3.05) is 0 Å². The van der Waals surface area contributed by atoms with Gasteiger partial charge in [0, 0.05) is 5.02 Å². The number of phenolic OH excluding ortho intramolecular Hbond substituents is 1. The second-order valence-corrected chi connectivity index (χ2v) is 4.75. The topological polar surface area (TPSA) is 58.0 Å². The Morgan fingerprint density at radius 2 is 1.89 bits per heavy atom. The second-order valence-electron chi connectivity index (χ2n) is 4.31. The molecule has 0 bridgehead atoms. The van der Waals surface area contributed by atoms with E-state index >= 15 is 0 Å². The molecule has 3 aromatic rings. The minimum Gasteiger partial charge on any atom is -0.506 e. The molecule has 0 spiro atoms. The van der Waals surface area contributed by atoms with Crippen molar-refractivity contribution in [2.24, 2.45) is 0 Å². The van der Waals surface area contributed by atoms with Gasteiger partial charge in [-0.05, 0) is 29.8 Å². The highest BCUT2D eigenvalue weighted by atomic mass is 35.5. The Morgan fingerprint density at radius 1 is 1.16 bits per heavy atom. The summed E-state index contributed by atoms with van der Waals surface area (Å²) in [5.41, 5.74) is 1.86. The van der Waals surface area contributed by atoms with Gasteiger partial charge in [0.25, 0.3) is 0 Å². The number of aromatic nitrogens is 2. The molecular formula is C14H11ClN2O2. The molecule has 3 rings (SSSR count). The fourth-order valence-corrected chi connectivity index (χ4v) is 2.22. The molecule has 0 amide bonds. The van der Waals surface area contributed by atoms with E-state index in [1.165, 1.54) is 0 Å². The summed E-state index contributed by atoms with van der Waals surface area (Å²) < 4.78 is 1.58. The molecule has 2 aromatic carbocycles. The van der Waals surface area contributed by atoms with Gasteiger partial charge in [-0.25, -0.2) is 4.79 Å². The fourth-order valence-electron chi connectivity index (χ4n) is 2.09. The molecule has 96 valence electrons. The minimum absolute atomic E-state index is 0.0736. The van der Waals surface area contributed by atoms with E-state index in [0.717, 1.165) is 5.56 Å². The lowest BCUT2D eigenvalue weighted by Crippen LogP contribution is -2.17. The normalized spacial score (nSPS) is 11.0. The van der Waals surface area contributed by atoms with Gasteiger partial charge < -0.3 is 10.1 Å². The van der Waals surface area contributed by atoms with Gasteiger partial charge in [0.2, 0.25) is 0 Å². The number of phenols is 1. The molecule has 0 radical (unpaired) electrons. The third-order valence-electron chi connectivity index (χ3n) is 3.04. The van der Waals surface area contributed by atoms with Crippen LogP contribution >= 0.6 is 11.6 Å². The van der Waals surface area contributed by atoms with E-state index in [-0.39, 0.29) is 11.4 Å². The quantitative estimate of drug-likeness (QED) is 0.755. The molecule has 2 N–H and O–H groups in total. The average molecular weight is 275 g/mol. The van der Waals surface area contributed by atoms with Crippen LogP contribution in [0.4, 0.5) is 0 Å². The number of halogens is 1. The first-order valence-electron chi connectivity index (χ1n) is 5.80. The molecule has 4 nitrogen and oxygen atoms in total. The summed E-state index contributed by atoms with van der Waals surface area (Å²) >= 11 is 5.83. The first-order chi connectivity index (χ1) is 9.15. The molecule has 0 saturated heterocycles. The van der Waals surface area contributed by atoms with Crippen LogP contribution in [0.5, 0.6) is 5.75 Å². The molecule has 19 heavy (non-hydrogen) atoms. The lowest BCUT2D eigenvalue weighted by atomic mass is 10.2. The van der Waals surface area contributed by atoms with E-state index in [1.807, 2.05) is 12.1 Å². The lowest BCUT2D eigenvalue weighted by Gasteiger charge is -2.04. The van der Waals surface area contributed by atoms with Gasteiger partial charge in [0.15, 0.2) is 0 Å². The van der Waals surface area contributed by atoms with Crippen molar-refractivity contribution in [1.29, 1.82) is 0 Å². The Labute approximate surface area is 113 Å². The van der Waals surface area contributed by atoms with Crippen molar-refractivity contribution in [3.05, 3.63) is 63.5 Å². The van der Waals surface area contributed by atoms with Crippen LogP contribution in [0, 0.1) is 0 Å². The van der Waals surface area contributed by atoms with Crippen LogP contribution in [0.2, 0.25) is 5.02 Å². The van der Waals surface area contributed by atoms with Crippen LogP contribution in [-0.4, -0.2) is 14.7 Å². The van der Waals surface area contributed by atoms with Gasteiger partial charge in [-0.2, -0.15) is 0 Å². The molecule has 0 aliphatic rings. The maximum absolute atomic E-state index is 11.9. The van der Waals surface area contributed by atoms with Crippen LogP contribution in [-0.2, 0) is 6.54 Å². The number of aromatic amines is 1. The van der Waals surface area contributed by atoms with Crippen molar-refractivity contribution in [2.45, 2.75) is 6.54 Å². The molecule has 5 heteroatoms. The monoisotopic (exact) mass is 274 g/mol. The van der Waals surface area contributed by atoms with E-state index in [9.17, 15) is 9.90 Å². The smallest absolute Gasteiger partial charge is 0.326 e. The predicted octanol–water partition coefficient (Wildman–Crippen LogP) is 2.74. The summed E-state index contributed by atoms with van der Waals surface area (Å²) in [7, 11) is 0. The standard InChI is InChI=1S/C14H11ClN2O2/c15-10-6-4-9(5-7-10)8-17-11-2-1-3-12(18)13(11)16-14(17)19/h1-7,18H,8H2,(H,16,19). The zero-order chi connectivity index (χ0) is 13.4. The number of benzene rings is 2. The van der Waals surface area contributed by atoms with E-state index in [0.29, 0.717) is 22.6 Å². The van der Waals surface area contributed by atoms with E-state index in [2.05, 4.69) is 4.98 Å². The van der Waals surface area contributed by atoms with E-state index < -0.39 is 0 Å². The highest BCUT2D eigenvalue weighted by molar-refractivity contribution is 6.30. The van der Waals surface area contributed by atoms with E-state index in [4.69, 9.17) is 11.6 Å². The zero-order valence-corrected chi connectivity index (χ0v) is 10.7. The molecule has 1 aromatic heterocycles. The maximum atomic E-state index is 11.9. The van der Waals surface area contributed by atoms with Crippen LogP contribution in [0.1, 0.15) is 5.56 Å². The summed E-state index contributed by atoms with van der Waals surface area (Å²) in [6, 6.07) is 12.4. The van der Waals surface area contributed by atoms with Crippen molar-refractivity contribution >= 4 is 22.6 Å². The Hall–Kier alpha value is -2.20. The number of hydrogen-bond acceptors (Lipinski definition) is 2. The number of para-hydroxylation sites is 1. The molecule has 0 unspecified atom stereocenters. The van der Waals surface area contributed by atoms with E-state index in [1.54, 1.807) is 34.9 Å². The van der Waals surface area contributed by atoms with Crippen LogP contribution in [0.3, 0.4) is 0 Å². The largest absolute Gasteiger partial charge is 0.506 e. The van der Waals surface area contributed by atoms with Gasteiger partial charge in [0.1, 0.15) is 11.3 Å². The maximum Gasteiger partial charge on any atom is 0.326 e. The molecule has 0 aliphatic carbocycles. The zero-order valence-electron chi connectivity index (χ0n) is 9.93. The van der Waals surface area contributed by atoms with Gasteiger partial charge in [-0.3, -0.25) is 4.57 Å². The van der Waals surface area contributed by atoms with Crippen molar-refractivity contribution in [1.82, 2.24) is 9.55 Å². The summed E-state index contributed by atoms with van der Waals surface area (Å²) in [5.74, 6) is 0.0736. The Kier molecular flexibility index (Phi) is 2.80. The number of imidazole rings is 1. The Bertz CT molecular complexity index is 787. The summed E-state index contributed by atoms with van der Waals surface area (Å²) in [6.45, 7) is 0.430. The number of fused-ring (bicyclic) bond motifs is 1. The minimum atomic E-state index is -0.244. The van der Waals surface area contributed by atoms with Crippen molar-refractivity contribution in [3.8, 4) is 5.75 Å². The van der Waals surface area contributed by atoms with Crippen molar-refractivity contribution < 1.29 is 5.11 Å². The predicted molar refractivity (Wildman–Crippen MR) is 74.8 cm³/mol. The SMILES string of the molecule is O=c1[nH]c2c(O)cccc2n1Cc1ccc(Cl)cc1. The highest BCUT2D eigenvalue weighted by Crippen LogP contribution is 2.21. The van der Waals surface area contributed by atoms with Gasteiger partial charge in [-0.15, -0.1) is 0 Å². The summed E-state index contributed by atoms with van der Waals surface area (Å²) in [6.07, 6.45) is 0. The number of rotatable bonds is 2. The van der Waals surface area contributed by atoms with Gasteiger partial charge in [0.05, 0.1) is 12.1 Å². The number of nitrogens with zero attached hydrogens (tertiary/aromatic N) is 1. The summed E-state index contributed by atoms with van der Waals surface area (Å²) in [4.78, 5) is 14.6. The average Bonchev–Trinajstić information content (AvgIpc) is 2.71. The molecule has 0 saturated carbocycles. The highest BCUT2D eigenvalue weighted by Gasteiger charge is 2.09. The number of H-pyrrole nitrogens is 1. The first kappa shape index (κ1) is 11.9. The van der Waals surface area contributed by atoms with Gasteiger partial charge >= 0.3 is 5.69 Å². The Morgan fingerprint density at radius 3 is 2.63 bits per heavy atom. The second kappa shape index (κ2) is 4.48. The first-order valence-corrected chi connectivity index (χ1v) is 6.18. The van der Waals surface area contributed by atoms with Crippen LogP contribution in [0.25, 0.3) is 11.0 Å². The van der Waals surface area contributed by atoms with Crippen molar-refractivity contribution in [3.63, 3.8) is 0 Å². The summed E-state index contributed by atoms with van der Waals surface area (Å²) in [5, 5.41) is 10.4. The molecular weight excluding hydrogens is 264 g/mol. The molecule has 0 aliphatic heterocycles. The number of hydrogen-bond donors (Lipinski definition) is 2.